The average molecular weight is 152 g/mol. The van der Waals surface area contributed by atoms with Gasteiger partial charge in [0, 0.05) is 12.2 Å². The maximum Gasteiger partial charge on any atom is 0.166 e. The molecule has 3 heteroatoms. The van der Waals surface area contributed by atoms with Crippen LogP contribution in [0.3, 0.4) is 0 Å². The predicted octanol–water partition coefficient (Wildman–Crippen LogP) is 0.889. The number of carbonyl (C=O) groups is 1. The Hall–Kier alpha value is -1.09. The summed E-state index contributed by atoms with van der Waals surface area (Å²) in [5.74, 6) is 0. The molecule has 60 valence electrons. The number of H-pyrrole nitrogens is 1. The van der Waals surface area contributed by atoms with Crippen LogP contribution in [0.25, 0.3) is 0 Å². The van der Waals surface area contributed by atoms with Crippen LogP contribution in [-0.2, 0) is 6.54 Å². The molecule has 0 aromatic carbocycles. The van der Waals surface area contributed by atoms with E-state index in [1.165, 1.54) is 0 Å². The number of aromatic nitrogens is 1. The molecule has 0 aliphatic rings. The average Bonchev–Trinajstić information content (AvgIpc) is 2.34. The standard InChI is InChI=1S/C8H12N2O/c1-10(2)5-7-3-4-8(6-11)9-7/h3-4,6,9H,5H2,1-2H3. The number of aldehydes is 1. The highest BCUT2D eigenvalue weighted by atomic mass is 16.1. The highest BCUT2D eigenvalue weighted by Crippen LogP contribution is 2.00. The van der Waals surface area contributed by atoms with Crippen LogP contribution in [0.15, 0.2) is 12.1 Å². The van der Waals surface area contributed by atoms with Crippen molar-refractivity contribution < 1.29 is 4.79 Å². The molecular weight excluding hydrogens is 140 g/mol. The van der Waals surface area contributed by atoms with E-state index in [2.05, 4.69) is 4.98 Å². The first-order valence-electron chi connectivity index (χ1n) is 3.50. The zero-order valence-corrected chi connectivity index (χ0v) is 6.79. The Kier molecular flexibility index (Phi) is 2.44. The monoisotopic (exact) mass is 152 g/mol. The molecule has 0 fully saturated rings. The smallest absolute Gasteiger partial charge is 0.166 e. The molecular formula is C8H12N2O. The van der Waals surface area contributed by atoms with Crippen LogP contribution in [-0.4, -0.2) is 30.3 Å². The first-order valence-corrected chi connectivity index (χ1v) is 3.50. The van der Waals surface area contributed by atoms with Crippen LogP contribution >= 0.6 is 0 Å². The van der Waals surface area contributed by atoms with Gasteiger partial charge in [-0.25, -0.2) is 0 Å². The van der Waals surface area contributed by atoms with E-state index in [0.717, 1.165) is 18.5 Å². The Bertz CT molecular complexity index is 240. The molecule has 0 saturated carbocycles. The first kappa shape index (κ1) is 8.01. The summed E-state index contributed by atoms with van der Waals surface area (Å²) in [4.78, 5) is 15.3. The van der Waals surface area contributed by atoms with E-state index >= 15 is 0 Å². The molecule has 0 atom stereocenters. The van der Waals surface area contributed by atoms with Gasteiger partial charge in [0.05, 0.1) is 5.69 Å². The summed E-state index contributed by atoms with van der Waals surface area (Å²) in [5.41, 5.74) is 1.71. The summed E-state index contributed by atoms with van der Waals surface area (Å²) < 4.78 is 0. The van der Waals surface area contributed by atoms with Crippen molar-refractivity contribution in [1.82, 2.24) is 9.88 Å². The summed E-state index contributed by atoms with van der Waals surface area (Å²) in [5, 5.41) is 0. The van der Waals surface area contributed by atoms with Crippen LogP contribution in [0.5, 0.6) is 0 Å². The van der Waals surface area contributed by atoms with Gasteiger partial charge in [-0.2, -0.15) is 0 Å². The molecule has 11 heavy (non-hydrogen) atoms. The van der Waals surface area contributed by atoms with Gasteiger partial charge in [0.15, 0.2) is 6.29 Å². The van der Waals surface area contributed by atoms with E-state index in [4.69, 9.17) is 0 Å². The van der Waals surface area contributed by atoms with Crippen molar-refractivity contribution in [3.05, 3.63) is 23.5 Å². The van der Waals surface area contributed by atoms with E-state index in [1.807, 2.05) is 25.1 Å². The number of aromatic amines is 1. The van der Waals surface area contributed by atoms with Crippen molar-refractivity contribution in [1.29, 1.82) is 0 Å². The third-order valence-electron chi connectivity index (χ3n) is 1.38. The molecule has 0 amide bonds. The zero-order chi connectivity index (χ0) is 8.27. The lowest BCUT2D eigenvalue weighted by molar-refractivity contribution is 0.111. The largest absolute Gasteiger partial charge is 0.355 e. The number of rotatable bonds is 3. The minimum Gasteiger partial charge on any atom is -0.355 e. The van der Waals surface area contributed by atoms with Crippen molar-refractivity contribution in [2.24, 2.45) is 0 Å². The minimum absolute atomic E-state index is 0.641. The topological polar surface area (TPSA) is 36.1 Å². The van der Waals surface area contributed by atoms with Gasteiger partial charge < -0.3 is 9.88 Å². The fourth-order valence-electron chi connectivity index (χ4n) is 0.961. The Morgan fingerprint density at radius 3 is 2.73 bits per heavy atom. The first-order chi connectivity index (χ1) is 5.22. The second-order valence-corrected chi connectivity index (χ2v) is 2.79. The molecule has 1 aromatic heterocycles. The summed E-state index contributed by atoms with van der Waals surface area (Å²) in [7, 11) is 3.98. The van der Waals surface area contributed by atoms with Gasteiger partial charge in [-0.05, 0) is 26.2 Å². The number of carbonyl (C=O) groups excluding carboxylic acids is 1. The van der Waals surface area contributed by atoms with E-state index in [9.17, 15) is 4.79 Å². The second kappa shape index (κ2) is 3.34. The molecule has 0 spiro atoms. The highest BCUT2D eigenvalue weighted by Gasteiger charge is 1.97. The third kappa shape index (κ3) is 2.20. The van der Waals surface area contributed by atoms with Crippen molar-refractivity contribution in [2.45, 2.75) is 6.54 Å². The Morgan fingerprint density at radius 2 is 2.27 bits per heavy atom. The SMILES string of the molecule is CN(C)Cc1ccc(C=O)[nH]1. The molecule has 3 nitrogen and oxygen atoms in total. The van der Waals surface area contributed by atoms with Gasteiger partial charge in [0.1, 0.15) is 0 Å². The van der Waals surface area contributed by atoms with Crippen LogP contribution in [0.1, 0.15) is 16.2 Å². The molecule has 1 rings (SSSR count). The quantitative estimate of drug-likeness (QED) is 0.653. The lowest BCUT2D eigenvalue weighted by Crippen LogP contribution is -2.10. The maximum absolute atomic E-state index is 10.3. The third-order valence-corrected chi connectivity index (χ3v) is 1.38. The lowest BCUT2D eigenvalue weighted by Gasteiger charge is -2.06. The molecule has 1 aromatic rings. The summed E-state index contributed by atoms with van der Waals surface area (Å²) in [6.07, 6.45) is 0.819. The maximum atomic E-state index is 10.3. The summed E-state index contributed by atoms with van der Waals surface area (Å²) >= 11 is 0. The van der Waals surface area contributed by atoms with Gasteiger partial charge in [-0.1, -0.05) is 0 Å². The Morgan fingerprint density at radius 1 is 1.55 bits per heavy atom. The van der Waals surface area contributed by atoms with Crippen molar-refractivity contribution in [2.75, 3.05) is 14.1 Å². The van der Waals surface area contributed by atoms with Crippen LogP contribution < -0.4 is 0 Å². The number of hydrogen-bond donors (Lipinski definition) is 1. The fraction of sp³-hybridized carbons (Fsp3) is 0.375. The second-order valence-electron chi connectivity index (χ2n) is 2.79. The Labute approximate surface area is 66.0 Å². The predicted molar refractivity (Wildman–Crippen MR) is 43.6 cm³/mol. The van der Waals surface area contributed by atoms with E-state index in [-0.39, 0.29) is 0 Å². The summed E-state index contributed by atoms with van der Waals surface area (Å²) in [6, 6.07) is 3.70. The molecule has 0 saturated heterocycles. The zero-order valence-electron chi connectivity index (χ0n) is 6.79. The van der Waals surface area contributed by atoms with Crippen LogP contribution in [0.2, 0.25) is 0 Å². The number of nitrogens with one attached hydrogen (secondary N) is 1. The minimum atomic E-state index is 0.641. The molecule has 0 radical (unpaired) electrons. The fourth-order valence-corrected chi connectivity index (χ4v) is 0.961. The van der Waals surface area contributed by atoms with E-state index in [1.54, 1.807) is 6.07 Å². The molecule has 1 heterocycles. The number of hydrogen-bond acceptors (Lipinski definition) is 2. The van der Waals surface area contributed by atoms with Crippen molar-refractivity contribution in [3.8, 4) is 0 Å². The van der Waals surface area contributed by atoms with Crippen LogP contribution in [0.4, 0.5) is 0 Å². The normalized spacial score (nSPS) is 10.5. The highest BCUT2D eigenvalue weighted by molar-refractivity contribution is 5.71. The molecule has 0 aliphatic carbocycles. The van der Waals surface area contributed by atoms with E-state index in [0.29, 0.717) is 5.69 Å². The van der Waals surface area contributed by atoms with Gasteiger partial charge in [0.25, 0.3) is 0 Å². The molecule has 0 unspecified atom stereocenters. The summed E-state index contributed by atoms with van der Waals surface area (Å²) in [6.45, 7) is 0.841. The molecule has 1 N–H and O–H groups in total. The van der Waals surface area contributed by atoms with Gasteiger partial charge >= 0.3 is 0 Å². The van der Waals surface area contributed by atoms with E-state index < -0.39 is 0 Å². The van der Waals surface area contributed by atoms with Gasteiger partial charge in [0.2, 0.25) is 0 Å². The van der Waals surface area contributed by atoms with Crippen molar-refractivity contribution in [3.63, 3.8) is 0 Å². The number of nitrogens with zero attached hydrogens (tertiary/aromatic N) is 1. The molecule has 0 aliphatic heterocycles. The lowest BCUT2D eigenvalue weighted by atomic mass is 10.4. The van der Waals surface area contributed by atoms with Gasteiger partial charge in [-0.15, -0.1) is 0 Å². The van der Waals surface area contributed by atoms with Gasteiger partial charge in [-0.3, -0.25) is 4.79 Å². The van der Waals surface area contributed by atoms with Crippen molar-refractivity contribution >= 4 is 6.29 Å². The molecule has 0 bridgehead atoms. The Balaban J connectivity index is 2.65. The van der Waals surface area contributed by atoms with Crippen LogP contribution in [0, 0.1) is 0 Å².